The molecule has 0 aliphatic rings. The van der Waals surface area contributed by atoms with Crippen LogP contribution in [0.3, 0.4) is 0 Å². The highest BCUT2D eigenvalue weighted by atomic mass is 19.3. The van der Waals surface area contributed by atoms with Gasteiger partial charge in [-0.05, 0) is 24.1 Å². The Balaban J connectivity index is 3.05. The van der Waals surface area contributed by atoms with E-state index in [1.54, 1.807) is 0 Å². The van der Waals surface area contributed by atoms with Crippen LogP contribution in [0.25, 0.3) is 0 Å². The second kappa shape index (κ2) is 4.37. The van der Waals surface area contributed by atoms with Crippen LogP contribution in [0.15, 0.2) is 18.2 Å². The van der Waals surface area contributed by atoms with E-state index in [1.807, 2.05) is 0 Å². The molecule has 16 heavy (non-hydrogen) atoms. The van der Waals surface area contributed by atoms with Crippen LogP contribution in [0.2, 0.25) is 0 Å². The Morgan fingerprint density at radius 1 is 1.25 bits per heavy atom. The molecule has 0 amide bonds. The predicted molar refractivity (Wildman–Crippen MR) is 47.0 cm³/mol. The molecule has 1 nitrogen and oxygen atoms in total. The van der Waals surface area contributed by atoms with Gasteiger partial charge < -0.3 is 5.11 Å². The first kappa shape index (κ1) is 12.9. The van der Waals surface area contributed by atoms with Gasteiger partial charge in [0.15, 0.2) is 0 Å². The molecule has 1 rings (SSSR count). The van der Waals surface area contributed by atoms with E-state index in [1.165, 1.54) is 6.92 Å². The fraction of sp³-hybridized carbons (Fsp3) is 0.400. The van der Waals surface area contributed by atoms with Gasteiger partial charge in [-0.1, -0.05) is 12.1 Å². The second-order valence-electron chi connectivity index (χ2n) is 3.39. The average molecular weight is 240 g/mol. The lowest BCUT2D eigenvalue weighted by atomic mass is 10.0. The highest BCUT2D eigenvalue weighted by Gasteiger charge is 2.48. The molecule has 1 aromatic rings. The summed E-state index contributed by atoms with van der Waals surface area (Å²) < 4.78 is 62.2. The van der Waals surface area contributed by atoms with Crippen molar-refractivity contribution >= 4 is 0 Å². The molecule has 0 bridgehead atoms. The molecule has 0 saturated carbocycles. The largest absolute Gasteiger partial charge is 0.382 e. The molecule has 90 valence electrons. The van der Waals surface area contributed by atoms with Gasteiger partial charge in [0.2, 0.25) is 0 Å². The van der Waals surface area contributed by atoms with Crippen LogP contribution in [0.5, 0.6) is 0 Å². The molecule has 0 aliphatic heterocycles. The highest BCUT2D eigenvalue weighted by molar-refractivity contribution is 5.26. The molecule has 0 saturated heterocycles. The molecule has 1 aromatic carbocycles. The van der Waals surface area contributed by atoms with Crippen LogP contribution in [0.4, 0.5) is 22.0 Å². The monoisotopic (exact) mass is 240 g/mol. The molecule has 0 aromatic heterocycles. The van der Waals surface area contributed by atoms with Crippen molar-refractivity contribution in [3.05, 3.63) is 35.1 Å². The lowest BCUT2D eigenvalue weighted by Crippen LogP contribution is -2.34. The van der Waals surface area contributed by atoms with Crippen molar-refractivity contribution in [2.45, 2.75) is 25.4 Å². The van der Waals surface area contributed by atoms with Gasteiger partial charge in [-0.3, -0.25) is 0 Å². The Labute approximate surface area is 88.5 Å². The van der Waals surface area contributed by atoms with Gasteiger partial charge in [0.1, 0.15) is 11.9 Å². The Morgan fingerprint density at radius 2 is 1.81 bits per heavy atom. The smallest absolute Gasteiger partial charge is 0.336 e. The number of hydrogen-bond acceptors (Lipinski definition) is 1. The molecule has 0 radical (unpaired) electrons. The summed E-state index contributed by atoms with van der Waals surface area (Å²) in [5, 5.41) is 9.08. The van der Waals surface area contributed by atoms with Crippen molar-refractivity contribution in [1.82, 2.24) is 0 Å². The van der Waals surface area contributed by atoms with Crippen LogP contribution in [0, 0.1) is 12.7 Å². The summed E-state index contributed by atoms with van der Waals surface area (Å²) in [5.41, 5.74) is -0.439. The first-order valence-corrected chi connectivity index (χ1v) is 4.37. The van der Waals surface area contributed by atoms with Gasteiger partial charge in [0, 0.05) is 0 Å². The number of alkyl halides is 4. The Hall–Kier alpha value is -1.17. The standard InChI is InChI=1S/C10H9F5O/c1-5-4-6(2-3-7(5)11)8(16)10(14,15)9(12)13/h2-4,8-9,16H,1H3. The number of rotatable bonds is 3. The van der Waals surface area contributed by atoms with Gasteiger partial charge in [0.25, 0.3) is 0 Å². The molecule has 0 spiro atoms. The molecule has 6 heteroatoms. The highest BCUT2D eigenvalue weighted by Crippen LogP contribution is 2.36. The second-order valence-corrected chi connectivity index (χ2v) is 3.39. The molecule has 0 aliphatic carbocycles. The SMILES string of the molecule is Cc1cc(C(O)C(F)(F)C(F)F)ccc1F. The topological polar surface area (TPSA) is 20.2 Å². The number of aryl methyl sites for hydroxylation is 1. The van der Waals surface area contributed by atoms with Crippen molar-refractivity contribution in [3.8, 4) is 0 Å². The Bertz CT molecular complexity index is 377. The zero-order chi connectivity index (χ0) is 12.5. The Kier molecular flexibility index (Phi) is 3.52. The zero-order valence-corrected chi connectivity index (χ0v) is 8.22. The van der Waals surface area contributed by atoms with Crippen molar-refractivity contribution in [2.24, 2.45) is 0 Å². The lowest BCUT2D eigenvalue weighted by Gasteiger charge is -2.22. The van der Waals surface area contributed by atoms with Crippen molar-refractivity contribution < 1.29 is 27.1 Å². The maximum absolute atomic E-state index is 12.8. The van der Waals surface area contributed by atoms with E-state index in [2.05, 4.69) is 0 Å². The minimum atomic E-state index is -4.55. The van der Waals surface area contributed by atoms with Crippen LogP contribution in [-0.4, -0.2) is 17.5 Å². The third-order valence-corrected chi connectivity index (χ3v) is 2.15. The van der Waals surface area contributed by atoms with Gasteiger partial charge in [0.05, 0.1) is 0 Å². The average Bonchev–Trinajstić information content (AvgIpc) is 2.20. The lowest BCUT2D eigenvalue weighted by molar-refractivity contribution is -0.193. The number of hydrogen-bond donors (Lipinski definition) is 1. The fourth-order valence-electron chi connectivity index (χ4n) is 1.18. The predicted octanol–water partition coefficient (Wildman–Crippen LogP) is 3.07. The van der Waals surface area contributed by atoms with Crippen LogP contribution >= 0.6 is 0 Å². The molecule has 1 unspecified atom stereocenters. The third kappa shape index (κ3) is 2.32. The molecule has 1 N–H and O–H groups in total. The zero-order valence-electron chi connectivity index (χ0n) is 8.22. The summed E-state index contributed by atoms with van der Waals surface area (Å²) in [7, 11) is 0. The maximum Gasteiger partial charge on any atom is 0.336 e. The minimum absolute atomic E-state index is 0.00150. The van der Waals surface area contributed by atoms with E-state index in [4.69, 9.17) is 5.11 Å². The normalized spacial score (nSPS) is 14.2. The minimum Gasteiger partial charge on any atom is -0.382 e. The Morgan fingerprint density at radius 3 is 2.25 bits per heavy atom. The molecular formula is C10H9F5O. The third-order valence-electron chi connectivity index (χ3n) is 2.15. The summed E-state index contributed by atoms with van der Waals surface area (Å²) in [4.78, 5) is 0. The quantitative estimate of drug-likeness (QED) is 0.805. The van der Waals surface area contributed by atoms with Gasteiger partial charge in [-0.25, -0.2) is 13.2 Å². The van der Waals surface area contributed by atoms with E-state index >= 15 is 0 Å². The van der Waals surface area contributed by atoms with Gasteiger partial charge in [-0.15, -0.1) is 0 Å². The summed E-state index contributed by atoms with van der Waals surface area (Å²) in [6, 6.07) is 2.61. The van der Waals surface area contributed by atoms with Crippen molar-refractivity contribution in [3.63, 3.8) is 0 Å². The summed E-state index contributed by atoms with van der Waals surface area (Å²) in [6.07, 6.45) is -6.63. The molecule has 0 heterocycles. The van der Waals surface area contributed by atoms with Gasteiger partial charge in [-0.2, -0.15) is 8.78 Å². The van der Waals surface area contributed by atoms with Gasteiger partial charge >= 0.3 is 12.3 Å². The van der Waals surface area contributed by atoms with Crippen LogP contribution in [-0.2, 0) is 0 Å². The summed E-state index contributed by atoms with van der Waals surface area (Å²) in [5.74, 6) is -5.21. The van der Waals surface area contributed by atoms with E-state index in [9.17, 15) is 22.0 Å². The summed E-state index contributed by atoms with van der Waals surface area (Å²) >= 11 is 0. The molecule has 0 fully saturated rings. The van der Waals surface area contributed by atoms with E-state index in [-0.39, 0.29) is 5.56 Å². The van der Waals surface area contributed by atoms with E-state index < -0.39 is 29.8 Å². The van der Waals surface area contributed by atoms with E-state index in [0.717, 1.165) is 18.2 Å². The van der Waals surface area contributed by atoms with Crippen molar-refractivity contribution in [1.29, 1.82) is 0 Å². The fourth-order valence-corrected chi connectivity index (χ4v) is 1.18. The van der Waals surface area contributed by atoms with Crippen LogP contribution < -0.4 is 0 Å². The number of halogens is 5. The summed E-state index contributed by atoms with van der Waals surface area (Å²) in [6.45, 7) is 1.28. The maximum atomic E-state index is 12.8. The molecular weight excluding hydrogens is 231 g/mol. The first-order chi connectivity index (χ1) is 7.26. The number of benzene rings is 1. The molecule has 1 atom stereocenters. The number of aliphatic hydroxyl groups is 1. The van der Waals surface area contributed by atoms with E-state index in [0.29, 0.717) is 0 Å². The number of aliphatic hydroxyl groups excluding tert-OH is 1. The first-order valence-electron chi connectivity index (χ1n) is 4.37. The van der Waals surface area contributed by atoms with Crippen LogP contribution in [0.1, 0.15) is 17.2 Å². The van der Waals surface area contributed by atoms with Crippen molar-refractivity contribution in [2.75, 3.05) is 0 Å².